The van der Waals surface area contributed by atoms with Gasteiger partial charge in [-0.3, -0.25) is 0 Å². The molecule has 4 rings (SSSR count). The minimum Gasteiger partial charge on any atom is -0.493 e. The van der Waals surface area contributed by atoms with Gasteiger partial charge < -0.3 is 14.4 Å². The Morgan fingerprint density at radius 2 is 1.59 bits per heavy atom. The molecule has 1 saturated heterocycles. The molecule has 4 heteroatoms. The smallest absolute Gasteiger partial charge is 0.161 e. The van der Waals surface area contributed by atoms with E-state index in [9.17, 15) is 0 Å². The van der Waals surface area contributed by atoms with Crippen molar-refractivity contribution in [1.29, 1.82) is 0 Å². The minimum absolute atomic E-state index is 0.0911. The van der Waals surface area contributed by atoms with Gasteiger partial charge in [-0.2, -0.15) is 0 Å². The zero-order valence-electron chi connectivity index (χ0n) is 16.5. The van der Waals surface area contributed by atoms with Crippen molar-refractivity contribution in [2.75, 3.05) is 34.4 Å². The summed E-state index contributed by atoms with van der Waals surface area (Å²) < 4.78 is 11.1. The highest BCUT2D eigenvalue weighted by Gasteiger charge is 2.43. The largest absolute Gasteiger partial charge is 0.493 e. The van der Waals surface area contributed by atoms with Crippen molar-refractivity contribution in [3.05, 3.63) is 59.2 Å². The van der Waals surface area contributed by atoms with Gasteiger partial charge in [0.2, 0.25) is 0 Å². The molecular formula is C23H27NO2S. The molecule has 3 nitrogen and oxygen atoms in total. The Labute approximate surface area is 166 Å². The highest BCUT2D eigenvalue weighted by molar-refractivity contribution is 8.01. The van der Waals surface area contributed by atoms with E-state index >= 15 is 0 Å². The van der Waals surface area contributed by atoms with Gasteiger partial charge in [0.15, 0.2) is 11.5 Å². The summed E-state index contributed by atoms with van der Waals surface area (Å²) in [6.45, 7) is 4.61. The second kappa shape index (κ2) is 7.25. The summed E-state index contributed by atoms with van der Waals surface area (Å²) in [6, 6.07) is 15.2. The Bertz CT molecular complexity index is 867. The number of fused-ring (bicyclic) bond motifs is 1. The third kappa shape index (κ3) is 3.15. The van der Waals surface area contributed by atoms with Crippen molar-refractivity contribution in [2.45, 2.75) is 29.4 Å². The molecule has 27 heavy (non-hydrogen) atoms. The van der Waals surface area contributed by atoms with Crippen molar-refractivity contribution >= 4 is 17.3 Å². The molecular weight excluding hydrogens is 354 g/mol. The third-order valence-electron chi connectivity index (χ3n) is 5.82. The normalized spacial score (nSPS) is 22.7. The van der Waals surface area contributed by atoms with Gasteiger partial charge in [0.05, 0.1) is 19.0 Å². The van der Waals surface area contributed by atoms with Gasteiger partial charge >= 0.3 is 0 Å². The number of ether oxygens (including phenoxy) is 2. The van der Waals surface area contributed by atoms with Crippen molar-refractivity contribution in [3.63, 3.8) is 0 Å². The van der Waals surface area contributed by atoms with Crippen LogP contribution in [0.4, 0.5) is 0 Å². The Kier molecular flexibility index (Phi) is 4.95. The molecule has 2 aliphatic rings. The number of rotatable bonds is 3. The quantitative estimate of drug-likeness (QED) is 0.728. The molecule has 1 unspecified atom stereocenters. The molecule has 0 aliphatic carbocycles. The van der Waals surface area contributed by atoms with Gasteiger partial charge in [-0.15, -0.1) is 11.8 Å². The summed E-state index contributed by atoms with van der Waals surface area (Å²) in [5.41, 5.74) is 5.72. The van der Waals surface area contributed by atoms with E-state index in [4.69, 9.17) is 9.47 Å². The molecule has 0 radical (unpaired) electrons. The summed E-state index contributed by atoms with van der Waals surface area (Å²) in [4.78, 5) is 3.70. The van der Waals surface area contributed by atoms with E-state index < -0.39 is 0 Å². The molecule has 0 spiro atoms. The first-order chi connectivity index (χ1) is 13.1. The lowest BCUT2D eigenvalue weighted by atomic mass is 9.81. The van der Waals surface area contributed by atoms with Crippen molar-refractivity contribution in [1.82, 2.24) is 4.90 Å². The summed E-state index contributed by atoms with van der Waals surface area (Å²) in [5, 5.41) is 0. The van der Waals surface area contributed by atoms with Crippen molar-refractivity contribution in [3.8, 4) is 11.5 Å². The lowest BCUT2D eigenvalue weighted by Crippen LogP contribution is -2.28. The average Bonchev–Trinajstić information content (AvgIpc) is 3.00. The number of benzene rings is 2. The van der Waals surface area contributed by atoms with E-state index in [1.807, 2.05) is 11.8 Å². The molecule has 0 aromatic heterocycles. The van der Waals surface area contributed by atoms with Gasteiger partial charge in [-0.1, -0.05) is 35.9 Å². The Balaban J connectivity index is 1.92. The number of nitrogens with zero attached hydrogens (tertiary/aromatic N) is 1. The van der Waals surface area contributed by atoms with Crippen LogP contribution in [0.15, 0.2) is 52.9 Å². The first-order valence-electron chi connectivity index (χ1n) is 9.49. The van der Waals surface area contributed by atoms with Crippen LogP contribution in [0.2, 0.25) is 0 Å². The number of piperidine rings is 1. The van der Waals surface area contributed by atoms with Crippen LogP contribution in [-0.2, 0) is 4.75 Å². The maximum atomic E-state index is 5.62. The van der Waals surface area contributed by atoms with Gasteiger partial charge in [-0.05, 0) is 55.6 Å². The standard InChI is InChI=1S/C23H27NO2S/c1-23(17-8-6-5-7-9-17)22(16-10-12-24(2)13-11-16)18-14-19(25-3)20(26-4)15-21(18)27-23/h5-9,14-15H,10-13H2,1-4H3. The van der Waals surface area contributed by atoms with Gasteiger partial charge in [0, 0.05) is 18.0 Å². The average molecular weight is 382 g/mol. The van der Waals surface area contributed by atoms with Crippen LogP contribution in [0.3, 0.4) is 0 Å². The number of methoxy groups -OCH3 is 2. The van der Waals surface area contributed by atoms with Crippen LogP contribution in [-0.4, -0.2) is 39.3 Å². The zero-order valence-corrected chi connectivity index (χ0v) is 17.4. The Morgan fingerprint density at radius 3 is 2.22 bits per heavy atom. The predicted octanol–water partition coefficient (Wildman–Crippen LogP) is 5.20. The predicted molar refractivity (Wildman–Crippen MR) is 113 cm³/mol. The zero-order chi connectivity index (χ0) is 19.0. The summed E-state index contributed by atoms with van der Waals surface area (Å²) in [7, 11) is 5.63. The Hall–Kier alpha value is -1.91. The maximum absolute atomic E-state index is 5.62. The highest BCUT2D eigenvalue weighted by Crippen LogP contribution is 2.61. The molecule has 1 atom stereocenters. The van der Waals surface area contributed by atoms with Crippen LogP contribution in [0.25, 0.3) is 5.57 Å². The molecule has 0 amide bonds. The molecule has 2 aliphatic heterocycles. The third-order valence-corrected chi connectivity index (χ3v) is 7.22. The molecule has 2 aromatic rings. The highest BCUT2D eigenvalue weighted by atomic mass is 32.2. The fourth-order valence-electron chi connectivity index (χ4n) is 4.29. The molecule has 2 aromatic carbocycles. The second-order valence-corrected chi connectivity index (χ2v) is 8.95. The second-order valence-electron chi connectivity index (χ2n) is 7.49. The van der Waals surface area contributed by atoms with E-state index in [0.717, 1.165) is 37.4 Å². The van der Waals surface area contributed by atoms with Crippen LogP contribution in [0, 0.1) is 0 Å². The monoisotopic (exact) mass is 381 g/mol. The minimum atomic E-state index is -0.0911. The summed E-state index contributed by atoms with van der Waals surface area (Å²) in [5.74, 6) is 1.61. The molecule has 0 N–H and O–H groups in total. The summed E-state index contributed by atoms with van der Waals surface area (Å²) >= 11 is 1.94. The van der Waals surface area contributed by atoms with Crippen molar-refractivity contribution in [2.24, 2.45) is 0 Å². The van der Waals surface area contributed by atoms with Gasteiger partial charge in [0.1, 0.15) is 0 Å². The van der Waals surface area contributed by atoms with Crippen LogP contribution < -0.4 is 9.47 Å². The lowest BCUT2D eigenvalue weighted by Gasteiger charge is -2.32. The topological polar surface area (TPSA) is 21.7 Å². The number of likely N-dealkylation sites (tertiary alicyclic amines) is 1. The number of thioether (sulfide) groups is 1. The van der Waals surface area contributed by atoms with E-state index in [1.54, 1.807) is 19.8 Å². The van der Waals surface area contributed by atoms with Gasteiger partial charge in [0.25, 0.3) is 0 Å². The van der Waals surface area contributed by atoms with Gasteiger partial charge in [-0.25, -0.2) is 0 Å². The van der Waals surface area contributed by atoms with Crippen LogP contribution >= 0.6 is 11.8 Å². The summed E-state index contributed by atoms with van der Waals surface area (Å²) in [6.07, 6.45) is 2.26. The van der Waals surface area contributed by atoms with Crippen LogP contribution in [0.1, 0.15) is 30.9 Å². The number of hydrogen-bond acceptors (Lipinski definition) is 4. The molecule has 0 saturated carbocycles. The molecule has 1 fully saturated rings. The SMILES string of the molecule is COc1cc2c(cc1OC)C(=C1CCN(C)CC1)C(C)(c1ccccc1)S2. The van der Waals surface area contributed by atoms with E-state index in [-0.39, 0.29) is 4.75 Å². The number of hydrogen-bond donors (Lipinski definition) is 0. The van der Waals surface area contributed by atoms with E-state index in [0.29, 0.717) is 0 Å². The van der Waals surface area contributed by atoms with E-state index in [1.165, 1.54) is 21.6 Å². The van der Waals surface area contributed by atoms with E-state index in [2.05, 4.69) is 61.3 Å². The first-order valence-corrected chi connectivity index (χ1v) is 10.3. The fourth-order valence-corrected chi connectivity index (χ4v) is 5.78. The first kappa shape index (κ1) is 18.5. The molecule has 0 bridgehead atoms. The Morgan fingerprint density at radius 1 is 0.963 bits per heavy atom. The maximum Gasteiger partial charge on any atom is 0.161 e. The fraction of sp³-hybridized carbons (Fsp3) is 0.391. The van der Waals surface area contributed by atoms with Crippen molar-refractivity contribution < 1.29 is 9.47 Å². The molecule has 142 valence electrons. The van der Waals surface area contributed by atoms with Crippen LogP contribution in [0.5, 0.6) is 11.5 Å². The lowest BCUT2D eigenvalue weighted by molar-refractivity contribution is 0.312. The molecule has 2 heterocycles.